The van der Waals surface area contributed by atoms with Crippen molar-refractivity contribution in [2.24, 2.45) is 5.41 Å². The molecular formula is C12H24N2O4. The summed E-state index contributed by atoms with van der Waals surface area (Å²) < 4.78 is 4.97. The molecule has 0 rings (SSSR count). The number of esters is 1. The minimum absolute atomic E-state index is 0.106. The Bertz CT molecular complexity index is 274. The highest BCUT2D eigenvalue weighted by atomic mass is 16.7. The molecule has 0 saturated heterocycles. The van der Waals surface area contributed by atoms with E-state index in [1.807, 2.05) is 13.8 Å². The lowest BCUT2D eigenvalue weighted by Crippen LogP contribution is -2.36. The van der Waals surface area contributed by atoms with Crippen LogP contribution < -0.4 is 10.8 Å². The van der Waals surface area contributed by atoms with Crippen molar-refractivity contribution in [3.05, 3.63) is 0 Å². The molecule has 0 heterocycles. The van der Waals surface area contributed by atoms with Gasteiger partial charge >= 0.3 is 12.1 Å². The Balaban J connectivity index is 3.61. The van der Waals surface area contributed by atoms with E-state index < -0.39 is 11.5 Å². The lowest BCUT2D eigenvalue weighted by Gasteiger charge is -2.16. The fourth-order valence-corrected chi connectivity index (χ4v) is 0.787. The molecule has 106 valence electrons. The van der Waals surface area contributed by atoms with E-state index in [-0.39, 0.29) is 25.2 Å². The van der Waals surface area contributed by atoms with Crippen LogP contribution in [-0.4, -0.2) is 31.3 Å². The highest BCUT2D eigenvalue weighted by molar-refractivity contribution is 5.75. The van der Waals surface area contributed by atoms with E-state index in [9.17, 15) is 9.59 Å². The lowest BCUT2D eigenvalue weighted by atomic mass is 9.97. The Morgan fingerprint density at radius 2 is 1.89 bits per heavy atom. The maximum absolute atomic E-state index is 11.4. The van der Waals surface area contributed by atoms with Crippen LogP contribution in [0.3, 0.4) is 0 Å². The fourth-order valence-electron chi connectivity index (χ4n) is 0.787. The second-order valence-corrected chi connectivity index (χ2v) is 5.13. The highest BCUT2D eigenvalue weighted by Gasteiger charge is 2.22. The molecule has 0 fully saturated rings. The van der Waals surface area contributed by atoms with Crippen LogP contribution in [0.5, 0.6) is 0 Å². The Labute approximate surface area is 108 Å². The number of hydrogen-bond donors (Lipinski definition) is 2. The molecule has 0 aliphatic carbocycles. The third kappa shape index (κ3) is 7.89. The molecule has 18 heavy (non-hydrogen) atoms. The zero-order valence-corrected chi connectivity index (χ0v) is 11.8. The highest BCUT2D eigenvalue weighted by Crippen LogP contribution is 2.14. The maximum Gasteiger partial charge on any atom is 0.426 e. The number of hydroxylamine groups is 1. The van der Waals surface area contributed by atoms with E-state index >= 15 is 0 Å². The molecule has 1 amide bonds. The van der Waals surface area contributed by atoms with Gasteiger partial charge in [-0.05, 0) is 34.1 Å². The van der Waals surface area contributed by atoms with Gasteiger partial charge in [-0.25, -0.2) is 4.79 Å². The first-order valence-corrected chi connectivity index (χ1v) is 6.14. The van der Waals surface area contributed by atoms with E-state index in [0.29, 0.717) is 0 Å². The van der Waals surface area contributed by atoms with Gasteiger partial charge in [-0.2, -0.15) is 0 Å². The van der Waals surface area contributed by atoms with E-state index in [0.717, 1.165) is 6.42 Å². The van der Waals surface area contributed by atoms with Crippen LogP contribution in [-0.2, 0) is 14.4 Å². The van der Waals surface area contributed by atoms with Gasteiger partial charge < -0.3 is 14.9 Å². The summed E-state index contributed by atoms with van der Waals surface area (Å²) in [6.07, 6.45) is 0.276. The molecule has 0 spiro atoms. The van der Waals surface area contributed by atoms with Crippen molar-refractivity contribution in [3.63, 3.8) is 0 Å². The van der Waals surface area contributed by atoms with Gasteiger partial charge in [0.1, 0.15) is 6.61 Å². The van der Waals surface area contributed by atoms with Gasteiger partial charge in [-0.15, -0.1) is 5.48 Å². The molecule has 0 bridgehead atoms. The van der Waals surface area contributed by atoms with Gasteiger partial charge in [0.15, 0.2) is 0 Å². The van der Waals surface area contributed by atoms with Crippen molar-refractivity contribution in [1.29, 1.82) is 0 Å². The Kier molecular flexibility index (Phi) is 7.35. The SMILES string of the molecule is CCC(C)NOC(=O)NCCOC(=O)C(C)(C)C. The van der Waals surface area contributed by atoms with Gasteiger partial charge in [0.05, 0.1) is 12.0 Å². The number of carbonyl (C=O) groups excluding carboxylic acids is 2. The average molecular weight is 260 g/mol. The zero-order valence-electron chi connectivity index (χ0n) is 11.8. The molecule has 0 aliphatic rings. The van der Waals surface area contributed by atoms with Gasteiger partial charge in [0.25, 0.3) is 0 Å². The first-order chi connectivity index (χ1) is 8.27. The quantitative estimate of drug-likeness (QED) is 0.431. The summed E-state index contributed by atoms with van der Waals surface area (Å²) in [6.45, 7) is 9.55. The largest absolute Gasteiger partial charge is 0.463 e. The predicted molar refractivity (Wildman–Crippen MR) is 67.8 cm³/mol. The molecule has 2 N–H and O–H groups in total. The number of ether oxygens (including phenoxy) is 1. The minimum Gasteiger partial charge on any atom is -0.463 e. The number of hydrogen-bond acceptors (Lipinski definition) is 5. The summed E-state index contributed by atoms with van der Waals surface area (Å²) in [7, 11) is 0. The molecule has 0 aromatic heterocycles. The van der Waals surface area contributed by atoms with Crippen LogP contribution in [0.15, 0.2) is 0 Å². The van der Waals surface area contributed by atoms with Crippen LogP contribution in [0, 0.1) is 5.41 Å². The topological polar surface area (TPSA) is 76.7 Å². The maximum atomic E-state index is 11.4. The molecule has 1 unspecified atom stereocenters. The summed E-state index contributed by atoms with van der Waals surface area (Å²) in [6, 6.07) is 0.106. The summed E-state index contributed by atoms with van der Waals surface area (Å²) in [5, 5.41) is 2.47. The molecule has 0 aromatic carbocycles. The molecule has 0 radical (unpaired) electrons. The van der Waals surface area contributed by atoms with Crippen LogP contribution in [0.1, 0.15) is 41.0 Å². The lowest BCUT2D eigenvalue weighted by molar-refractivity contribution is -0.152. The zero-order chi connectivity index (χ0) is 14.2. The number of amides is 1. The standard InChI is InChI=1S/C12H24N2O4/c1-6-9(2)14-18-11(16)13-7-8-17-10(15)12(3,4)5/h9,14H,6-8H2,1-5H3,(H,13,16). The average Bonchev–Trinajstić information content (AvgIpc) is 2.29. The van der Waals surface area contributed by atoms with Crippen molar-refractivity contribution in [1.82, 2.24) is 10.8 Å². The molecule has 0 saturated carbocycles. The van der Waals surface area contributed by atoms with Crippen LogP contribution in [0.25, 0.3) is 0 Å². The summed E-state index contributed by atoms with van der Waals surface area (Å²) in [5.41, 5.74) is 2.06. The van der Waals surface area contributed by atoms with Gasteiger partial charge in [0, 0.05) is 6.04 Å². The second kappa shape index (κ2) is 7.92. The molecule has 6 nitrogen and oxygen atoms in total. The van der Waals surface area contributed by atoms with Crippen molar-refractivity contribution >= 4 is 12.1 Å². The molecule has 0 aliphatic heterocycles. The third-order valence-electron chi connectivity index (χ3n) is 2.18. The minimum atomic E-state index is -0.581. The summed E-state index contributed by atoms with van der Waals surface area (Å²) >= 11 is 0. The van der Waals surface area contributed by atoms with E-state index in [1.54, 1.807) is 20.8 Å². The monoisotopic (exact) mass is 260 g/mol. The third-order valence-corrected chi connectivity index (χ3v) is 2.18. The van der Waals surface area contributed by atoms with Crippen molar-refractivity contribution < 1.29 is 19.2 Å². The van der Waals surface area contributed by atoms with E-state index in [1.165, 1.54) is 0 Å². The molecule has 1 atom stereocenters. The van der Waals surface area contributed by atoms with E-state index in [2.05, 4.69) is 10.8 Å². The Hall–Kier alpha value is -1.30. The Morgan fingerprint density at radius 3 is 2.39 bits per heavy atom. The second-order valence-electron chi connectivity index (χ2n) is 5.13. The number of nitrogens with one attached hydrogen (secondary N) is 2. The molecule has 6 heteroatoms. The first kappa shape index (κ1) is 16.7. The van der Waals surface area contributed by atoms with Gasteiger partial charge in [-0.1, -0.05) is 6.92 Å². The Morgan fingerprint density at radius 1 is 1.28 bits per heavy atom. The van der Waals surface area contributed by atoms with Crippen LogP contribution in [0.2, 0.25) is 0 Å². The van der Waals surface area contributed by atoms with Crippen LogP contribution in [0.4, 0.5) is 4.79 Å². The normalized spacial score (nSPS) is 12.7. The number of carbonyl (C=O) groups is 2. The van der Waals surface area contributed by atoms with Crippen molar-refractivity contribution in [2.45, 2.75) is 47.1 Å². The van der Waals surface area contributed by atoms with Gasteiger partial charge in [0.2, 0.25) is 0 Å². The number of rotatable bonds is 6. The summed E-state index contributed by atoms with van der Waals surface area (Å²) in [5.74, 6) is -0.296. The molecule has 0 aromatic rings. The molecular weight excluding hydrogens is 236 g/mol. The van der Waals surface area contributed by atoms with Gasteiger partial charge in [-0.3, -0.25) is 4.79 Å². The first-order valence-electron chi connectivity index (χ1n) is 6.14. The van der Waals surface area contributed by atoms with Crippen molar-refractivity contribution in [3.8, 4) is 0 Å². The van der Waals surface area contributed by atoms with Crippen LogP contribution >= 0.6 is 0 Å². The fraction of sp³-hybridized carbons (Fsp3) is 0.833. The van der Waals surface area contributed by atoms with Crippen molar-refractivity contribution in [2.75, 3.05) is 13.2 Å². The predicted octanol–water partition coefficient (Wildman–Crippen LogP) is 1.60. The summed E-state index contributed by atoms with van der Waals surface area (Å²) in [4.78, 5) is 27.3. The van der Waals surface area contributed by atoms with E-state index in [4.69, 9.17) is 9.57 Å². The smallest absolute Gasteiger partial charge is 0.426 e.